The van der Waals surface area contributed by atoms with Gasteiger partial charge in [-0.1, -0.05) is 12.8 Å². The van der Waals surface area contributed by atoms with Crippen LogP contribution in [0.2, 0.25) is 0 Å². The van der Waals surface area contributed by atoms with E-state index in [0.29, 0.717) is 12.6 Å². The molecule has 1 saturated carbocycles. The van der Waals surface area contributed by atoms with Crippen molar-refractivity contribution in [1.82, 2.24) is 9.97 Å². The van der Waals surface area contributed by atoms with E-state index in [1.54, 1.807) is 6.33 Å². The summed E-state index contributed by atoms with van der Waals surface area (Å²) in [4.78, 5) is 10.5. The van der Waals surface area contributed by atoms with E-state index >= 15 is 0 Å². The minimum atomic E-state index is 0.638. The van der Waals surface area contributed by atoms with Gasteiger partial charge >= 0.3 is 0 Å². The fourth-order valence-electron chi connectivity index (χ4n) is 2.32. The summed E-state index contributed by atoms with van der Waals surface area (Å²) in [5.74, 6) is 0. The Bertz CT molecular complexity index is 282. The average molecular weight is 206 g/mol. The number of nitrogens with two attached hydrogens (primary N) is 1. The lowest BCUT2D eigenvalue weighted by Crippen LogP contribution is -2.37. The molecule has 0 bridgehead atoms. The Morgan fingerprint density at radius 2 is 1.93 bits per heavy atom. The molecule has 0 saturated heterocycles. The Hall–Kier alpha value is -1.16. The standard InChI is InChI=1S/C11H18N4/c12-5-6-15(10-3-1-2-4-10)11-7-13-9-14-8-11/h7-10H,1-6,12H2. The van der Waals surface area contributed by atoms with Gasteiger partial charge in [-0.05, 0) is 12.8 Å². The first-order chi connectivity index (χ1) is 7.42. The summed E-state index contributed by atoms with van der Waals surface area (Å²) in [5, 5.41) is 0. The van der Waals surface area contributed by atoms with E-state index in [4.69, 9.17) is 5.73 Å². The van der Waals surface area contributed by atoms with E-state index in [1.807, 2.05) is 12.4 Å². The van der Waals surface area contributed by atoms with Gasteiger partial charge in [0.25, 0.3) is 0 Å². The number of anilines is 1. The van der Waals surface area contributed by atoms with Gasteiger partial charge < -0.3 is 10.6 Å². The third-order valence-corrected chi connectivity index (χ3v) is 3.01. The lowest BCUT2D eigenvalue weighted by atomic mass is 10.2. The third-order valence-electron chi connectivity index (χ3n) is 3.01. The van der Waals surface area contributed by atoms with E-state index in [9.17, 15) is 0 Å². The van der Waals surface area contributed by atoms with E-state index < -0.39 is 0 Å². The Morgan fingerprint density at radius 3 is 2.53 bits per heavy atom. The molecular formula is C11H18N4. The molecule has 15 heavy (non-hydrogen) atoms. The van der Waals surface area contributed by atoms with Gasteiger partial charge in [-0.2, -0.15) is 0 Å². The molecule has 2 rings (SSSR count). The first-order valence-electron chi connectivity index (χ1n) is 5.63. The molecule has 0 atom stereocenters. The molecule has 1 aromatic rings. The maximum absolute atomic E-state index is 5.65. The predicted molar refractivity (Wildman–Crippen MR) is 60.7 cm³/mol. The summed E-state index contributed by atoms with van der Waals surface area (Å²) in [5.41, 5.74) is 6.76. The zero-order chi connectivity index (χ0) is 10.5. The van der Waals surface area contributed by atoms with Crippen LogP contribution in [0.3, 0.4) is 0 Å². The van der Waals surface area contributed by atoms with E-state index in [0.717, 1.165) is 12.2 Å². The van der Waals surface area contributed by atoms with Crippen molar-refractivity contribution in [3.63, 3.8) is 0 Å². The Labute approximate surface area is 90.5 Å². The first-order valence-corrected chi connectivity index (χ1v) is 5.63. The maximum Gasteiger partial charge on any atom is 0.115 e. The minimum absolute atomic E-state index is 0.638. The van der Waals surface area contributed by atoms with Crippen LogP contribution in [0.5, 0.6) is 0 Å². The van der Waals surface area contributed by atoms with E-state index in [1.165, 1.54) is 25.7 Å². The number of aromatic nitrogens is 2. The van der Waals surface area contributed by atoms with Gasteiger partial charge in [0, 0.05) is 19.1 Å². The monoisotopic (exact) mass is 206 g/mol. The molecule has 0 aromatic carbocycles. The summed E-state index contributed by atoms with van der Waals surface area (Å²) < 4.78 is 0. The van der Waals surface area contributed by atoms with Gasteiger partial charge in [0.15, 0.2) is 0 Å². The van der Waals surface area contributed by atoms with Crippen molar-refractivity contribution < 1.29 is 0 Å². The van der Waals surface area contributed by atoms with Gasteiger partial charge in [0.2, 0.25) is 0 Å². The second-order valence-electron chi connectivity index (χ2n) is 4.02. The van der Waals surface area contributed by atoms with Crippen molar-refractivity contribution in [3.8, 4) is 0 Å². The lowest BCUT2D eigenvalue weighted by molar-refractivity contribution is 0.607. The molecule has 4 heteroatoms. The summed E-state index contributed by atoms with van der Waals surface area (Å²) >= 11 is 0. The highest BCUT2D eigenvalue weighted by atomic mass is 15.2. The van der Waals surface area contributed by atoms with Crippen LogP contribution in [0.15, 0.2) is 18.7 Å². The van der Waals surface area contributed by atoms with Gasteiger partial charge in [0.05, 0.1) is 18.1 Å². The quantitative estimate of drug-likeness (QED) is 0.804. The van der Waals surface area contributed by atoms with Crippen molar-refractivity contribution in [2.75, 3.05) is 18.0 Å². The molecule has 0 spiro atoms. The van der Waals surface area contributed by atoms with Crippen LogP contribution in [-0.4, -0.2) is 29.1 Å². The Balaban J connectivity index is 2.11. The molecule has 0 aliphatic heterocycles. The van der Waals surface area contributed by atoms with E-state index in [2.05, 4.69) is 14.9 Å². The number of hydrogen-bond donors (Lipinski definition) is 1. The predicted octanol–water partition coefficient (Wildman–Crippen LogP) is 1.18. The van der Waals surface area contributed by atoms with Gasteiger partial charge in [-0.3, -0.25) is 0 Å². The molecular weight excluding hydrogens is 188 g/mol. The summed E-state index contributed by atoms with van der Waals surface area (Å²) in [6, 6.07) is 0.638. The van der Waals surface area contributed by atoms with Crippen molar-refractivity contribution >= 4 is 5.69 Å². The zero-order valence-corrected chi connectivity index (χ0v) is 8.97. The SMILES string of the molecule is NCCN(c1cncnc1)C1CCCC1. The number of rotatable bonds is 4. The Kier molecular flexibility index (Phi) is 3.50. The van der Waals surface area contributed by atoms with Crippen molar-refractivity contribution in [1.29, 1.82) is 0 Å². The smallest absolute Gasteiger partial charge is 0.115 e. The second-order valence-corrected chi connectivity index (χ2v) is 4.02. The van der Waals surface area contributed by atoms with Gasteiger partial charge in [-0.25, -0.2) is 9.97 Å². The molecule has 2 N–H and O–H groups in total. The topological polar surface area (TPSA) is 55.0 Å². The Morgan fingerprint density at radius 1 is 1.27 bits per heavy atom. The molecule has 0 amide bonds. The van der Waals surface area contributed by atoms with Crippen LogP contribution in [0, 0.1) is 0 Å². The highest BCUT2D eigenvalue weighted by Gasteiger charge is 2.22. The summed E-state index contributed by atoms with van der Waals surface area (Å²) in [7, 11) is 0. The molecule has 1 fully saturated rings. The molecule has 0 unspecified atom stereocenters. The molecule has 1 heterocycles. The summed E-state index contributed by atoms with van der Waals surface area (Å²) in [6.45, 7) is 1.59. The van der Waals surface area contributed by atoms with Gasteiger partial charge in [0.1, 0.15) is 6.33 Å². The molecule has 0 radical (unpaired) electrons. The summed E-state index contributed by atoms with van der Waals surface area (Å²) in [6.07, 6.45) is 10.5. The largest absolute Gasteiger partial charge is 0.365 e. The molecule has 4 nitrogen and oxygen atoms in total. The van der Waals surface area contributed by atoms with Crippen LogP contribution in [0.1, 0.15) is 25.7 Å². The van der Waals surface area contributed by atoms with Crippen LogP contribution in [-0.2, 0) is 0 Å². The van der Waals surface area contributed by atoms with Crippen molar-refractivity contribution in [2.24, 2.45) is 5.73 Å². The minimum Gasteiger partial charge on any atom is -0.365 e. The molecule has 1 aromatic heterocycles. The second kappa shape index (κ2) is 5.07. The number of nitrogens with zero attached hydrogens (tertiary/aromatic N) is 3. The highest BCUT2D eigenvalue weighted by Crippen LogP contribution is 2.26. The van der Waals surface area contributed by atoms with Crippen LogP contribution in [0.4, 0.5) is 5.69 Å². The molecule has 1 aliphatic carbocycles. The lowest BCUT2D eigenvalue weighted by Gasteiger charge is -2.29. The molecule has 82 valence electrons. The fourth-order valence-corrected chi connectivity index (χ4v) is 2.32. The number of hydrogen-bond acceptors (Lipinski definition) is 4. The van der Waals surface area contributed by atoms with Crippen molar-refractivity contribution in [2.45, 2.75) is 31.7 Å². The third kappa shape index (κ3) is 2.45. The fraction of sp³-hybridized carbons (Fsp3) is 0.636. The highest BCUT2D eigenvalue weighted by molar-refractivity contribution is 5.43. The van der Waals surface area contributed by atoms with Gasteiger partial charge in [-0.15, -0.1) is 0 Å². The van der Waals surface area contributed by atoms with E-state index in [-0.39, 0.29) is 0 Å². The first kappa shape index (κ1) is 10.4. The molecule has 1 aliphatic rings. The zero-order valence-electron chi connectivity index (χ0n) is 8.97. The van der Waals surface area contributed by atoms with Crippen LogP contribution in [0.25, 0.3) is 0 Å². The van der Waals surface area contributed by atoms with Crippen LogP contribution >= 0.6 is 0 Å². The average Bonchev–Trinajstić information content (AvgIpc) is 2.80. The van der Waals surface area contributed by atoms with Crippen molar-refractivity contribution in [3.05, 3.63) is 18.7 Å². The maximum atomic E-state index is 5.65. The normalized spacial score (nSPS) is 16.9. The van der Waals surface area contributed by atoms with Crippen LogP contribution < -0.4 is 10.6 Å².